The number of aryl methyl sites for hydroxylation is 1. The van der Waals surface area contributed by atoms with E-state index in [0.717, 1.165) is 11.3 Å². The Morgan fingerprint density at radius 3 is 2.92 bits per heavy atom. The van der Waals surface area contributed by atoms with Crippen LogP contribution in [-0.4, -0.2) is 29.2 Å². The van der Waals surface area contributed by atoms with E-state index in [9.17, 15) is 4.79 Å². The first-order valence-electron chi connectivity index (χ1n) is 8.19. The fourth-order valence-electron chi connectivity index (χ4n) is 2.68. The Morgan fingerprint density at radius 2 is 2.24 bits per heavy atom. The van der Waals surface area contributed by atoms with Gasteiger partial charge in [-0.25, -0.2) is 14.8 Å². The van der Waals surface area contributed by atoms with Gasteiger partial charge in [-0.1, -0.05) is 19.1 Å². The van der Waals surface area contributed by atoms with Gasteiger partial charge in [0.05, 0.1) is 12.6 Å². The van der Waals surface area contributed by atoms with Gasteiger partial charge in [0.1, 0.15) is 30.0 Å². The molecule has 1 unspecified atom stereocenters. The van der Waals surface area contributed by atoms with Crippen LogP contribution in [0.5, 0.6) is 0 Å². The molecular formula is C18H19N5O2. The van der Waals surface area contributed by atoms with Crippen LogP contribution in [0.4, 0.5) is 16.3 Å². The van der Waals surface area contributed by atoms with Gasteiger partial charge in [0, 0.05) is 18.2 Å². The third kappa shape index (κ3) is 3.69. The molecule has 2 aromatic rings. The second kappa shape index (κ2) is 7.18. The molecule has 7 nitrogen and oxygen atoms in total. The molecule has 7 heteroatoms. The first-order chi connectivity index (χ1) is 12.1. The summed E-state index contributed by atoms with van der Waals surface area (Å²) in [7, 11) is 0. The number of nitrogens with one attached hydrogen (secondary N) is 1. The monoisotopic (exact) mass is 337 g/mol. The minimum atomic E-state index is -0.320. The predicted octanol–water partition coefficient (Wildman–Crippen LogP) is 3.04. The van der Waals surface area contributed by atoms with Crippen molar-refractivity contribution >= 4 is 17.6 Å². The van der Waals surface area contributed by atoms with E-state index < -0.39 is 0 Å². The van der Waals surface area contributed by atoms with Crippen molar-refractivity contribution in [1.82, 2.24) is 9.97 Å². The van der Waals surface area contributed by atoms with Crippen LogP contribution in [0.15, 0.2) is 30.3 Å². The van der Waals surface area contributed by atoms with Crippen LogP contribution in [0.2, 0.25) is 0 Å². The largest absolute Gasteiger partial charge is 0.447 e. The minimum absolute atomic E-state index is 0.0512. The van der Waals surface area contributed by atoms with Crippen molar-refractivity contribution in [2.45, 2.75) is 26.3 Å². The van der Waals surface area contributed by atoms with Crippen LogP contribution in [0, 0.1) is 11.3 Å². The van der Waals surface area contributed by atoms with Crippen molar-refractivity contribution in [2.24, 2.45) is 0 Å². The smallest absolute Gasteiger partial charge is 0.414 e. The number of amides is 1. The molecule has 1 fully saturated rings. The van der Waals surface area contributed by atoms with E-state index in [4.69, 9.17) is 10.00 Å². The fourth-order valence-corrected chi connectivity index (χ4v) is 2.68. The van der Waals surface area contributed by atoms with Crippen LogP contribution >= 0.6 is 0 Å². The quantitative estimate of drug-likeness (QED) is 0.901. The van der Waals surface area contributed by atoms with Crippen LogP contribution in [-0.2, 0) is 11.2 Å². The first-order valence-corrected chi connectivity index (χ1v) is 8.19. The van der Waals surface area contributed by atoms with E-state index in [1.807, 2.05) is 38.1 Å². The van der Waals surface area contributed by atoms with E-state index in [1.165, 1.54) is 0 Å². The van der Waals surface area contributed by atoms with E-state index in [2.05, 4.69) is 21.4 Å². The lowest BCUT2D eigenvalue weighted by atomic mass is 10.1. The highest BCUT2D eigenvalue weighted by Gasteiger charge is 2.24. The lowest BCUT2D eigenvalue weighted by Crippen LogP contribution is -2.23. The summed E-state index contributed by atoms with van der Waals surface area (Å²) in [6.45, 7) is 4.92. The summed E-state index contributed by atoms with van der Waals surface area (Å²) in [5.41, 5.74) is 2.16. The van der Waals surface area contributed by atoms with E-state index >= 15 is 0 Å². The van der Waals surface area contributed by atoms with Crippen LogP contribution in [0.1, 0.15) is 37.0 Å². The van der Waals surface area contributed by atoms with Gasteiger partial charge in [-0.15, -0.1) is 0 Å². The van der Waals surface area contributed by atoms with Gasteiger partial charge in [0.25, 0.3) is 0 Å². The number of cyclic esters (lactones) is 1. The van der Waals surface area contributed by atoms with Crippen LogP contribution < -0.4 is 10.2 Å². The summed E-state index contributed by atoms with van der Waals surface area (Å²) in [6, 6.07) is 11.4. The number of hydrogen-bond acceptors (Lipinski definition) is 6. The molecule has 1 aliphatic rings. The topological polar surface area (TPSA) is 91.1 Å². The molecule has 1 aromatic heterocycles. The fraction of sp³-hybridized carbons (Fsp3) is 0.333. The molecule has 128 valence electrons. The van der Waals surface area contributed by atoms with Crippen molar-refractivity contribution < 1.29 is 9.53 Å². The Kier molecular flexibility index (Phi) is 4.80. The molecule has 1 aliphatic heterocycles. The molecule has 1 saturated heterocycles. The van der Waals surface area contributed by atoms with Gasteiger partial charge in [0.15, 0.2) is 0 Å². The molecule has 1 atom stereocenters. The zero-order chi connectivity index (χ0) is 17.8. The molecule has 0 bridgehead atoms. The number of carbonyl (C=O) groups excluding carboxylic acids is 1. The summed E-state index contributed by atoms with van der Waals surface area (Å²) < 4.78 is 4.99. The third-order valence-corrected chi connectivity index (χ3v) is 4.01. The Bertz CT molecular complexity index is 830. The predicted molar refractivity (Wildman–Crippen MR) is 93.3 cm³/mol. The highest BCUT2D eigenvalue weighted by atomic mass is 16.6. The molecule has 3 rings (SSSR count). The second-order valence-corrected chi connectivity index (χ2v) is 5.75. The second-order valence-electron chi connectivity index (χ2n) is 5.75. The number of hydrogen-bond donors (Lipinski definition) is 1. The van der Waals surface area contributed by atoms with E-state index in [1.54, 1.807) is 11.0 Å². The van der Waals surface area contributed by atoms with Gasteiger partial charge >= 0.3 is 6.09 Å². The highest BCUT2D eigenvalue weighted by molar-refractivity contribution is 5.89. The number of carbonyl (C=O) groups is 1. The Balaban J connectivity index is 1.81. The van der Waals surface area contributed by atoms with Crippen molar-refractivity contribution in [3.05, 3.63) is 47.4 Å². The average Bonchev–Trinajstić information content (AvgIpc) is 3.07. The SMILES string of the molecule is CCc1nc(C#N)cc(NC(C)c2cccc(N3CCOC3=O)c2)n1. The normalized spacial score (nSPS) is 14.8. The maximum atomic E-state index is 11.7. The number of nitrogens with zero attached hydrogens (tertiary/aromatic N) is 4. The van der Waals surface area contributed by atoms with Crippen LogP contribution in [0.25, 0.3) is 0 Å². The number of benzene rings is 1. The van der Waals surface area contributed by atoms with Gasteiger partial charge in [0.2, 0.25) is 0 Å². The Labute approximate surface area is 146 Å². The lowest BCUT2D eigenvalue weighted by molar-refractivity contribution is 0.181. The van der Waals surface area contributed by atoms with E-state index in [0.29, 0.717) is 36.9 Å². The molecule has 0 spiro atoms. The minimum Gasteiger partial charge on any atom is -0.447 e. The van der Waals surface area contributed by atoms with Gasteiger partial charge in [-0.05, 0) is 24.6 Å². The van der Waals surface area contributed by atoms with Crippen LogP contribution in [0.3, 0.4) is 0 Å². The zero-order valence-electron chi connectivity index (χ0n) is 14.2. The highest BCUT2D eigenvalue weighted by Crippen LogP contribution is 2.25. The van der Waals surface area contributed by atoms with Crippen molar-refractivity contribution in [3.8, 4) is 6.07 Å². The number of aromatic nitrogens is 2. The Morgan fingerprint density at radius 1 is 1.40 bits per heavy atom. The third-order valence-electron chi connectivity index (χ3n) is 4.01. The van der Waals surface area contributed by atoms with Crippen molar-refractivity contribution in [1.29, 1.82) is 5.26 Å². The molecule has 1 amide bonds. The number of rotatable bonds is 5. The number of nitriles is 1. The zero-order valence-corrected chi connectivity index (χ0v) is 14.2. The van der Waals surface area contributed by atoms with Gasteiger partial charge < -0.3 is 10.1 Å². The number of anilines is 2. The summed E-state index contributed by atoms with van der Waals surface area (Å²) in [6.07, 6.45) is 0.338. The molecule has 0 saturated carbocycles. The summed E-state index contributed by atoms with van der Waals surface area (Å²) in [4.78, 5) is 21.9. The molecule has 0 aliphatic carbocycles. The molecule has 0 radical (unpaired) electrons. The molecule has 25 heavy (non-hydrogen) atoms. The Hall–Kier alpha value is -3.14. The maximum absolute atomic E-state index is 11.7. The molecule has 2 heterocycles. The van der Waals surface area contributed by atoms with E-state index in [-0.39, 0.29) is 12.1 Å². The van der Waals surface area contributed by atoms with Gasteiger partial charge in [-0.3, -0.25) is 4.90 Å². The standard InChI is InChI=1S/C18H19N5O2/c1-3-16-21-14(11-19)10-17(22-16)20-12(2)13-5-4-6-15(9-13)23-7-8-25-18(23)24/h4-6,9-10,12H,3,7-8H2,1-2H3,(H,20,21,22). The number of ether oxygens (including phenoxy) is 1. The summed E-state index contributed by atoms with van der Waals surface area (Å²) >= 11 is 0. The van der Waals surface area contributed by atoms with Crippen molar-refractivity contribution in [2.75, 3.05) is 23.4 Å². The lowest BCUT2D eigenvalue weighted by Gasteiger charge is -2.18. The maximum Gasteiger partial charge on any atom is 0.414 e. The van der Waals surface area contributed by atoms with Crippen molar-refractivity contribution in [3.63, 3.8) is 0 Å². The molecule has 1 aromatic carbocycles. The molecule has 1 N–H and O–H groups in total. The summed E-state index contributed by atoms with van der Waals surface area (Å²) in [5, 5.41) is 12.4. The average molecular weight is 337 g/mol. The molecular weight excluding hydrogens is 318 g/mol. The first kappa shape index (κ1) is 16.7. The summed E-state index contributed by atoms with van der Waals surface area (Å²) in [5.74, 6) is 1.24. The van der Waals surface area contributed by atoms with Gasteiger partial charge in [-0.2, -0.15) is 5.26 Å².